The summed E-state index contributed by atoms with van der Waals surface area (Å²) < 4.78 is 15.4. The standard InChI is InChI=1S/C18H17ClFN5O/c1-24(11-14-15(19)8-5-9-16(14)20)18(26)17(25-12-21-22-23-25)10-13-6-3-2-4-7-13/h2-9,12,17H,10-11H2,1H3/t17-/m1/s1. The summed E-state index contributed by atoms with van der Waals surface area (Å²) in [7, 11) is 1.60. The Kier molecular flexibility index (Phi) is 5.58. The van der Waals surface area contributed by atoms with Gasteiger partial charge >= 0.3 is 0 Å². The summed E-state index contributed by atoms with van der Waals surface area (Å²) in [6.45, 7) is 0.0533. The van der Waals surface area contributed by atoms with Gasteiger partial charge in [0.2, 0.25) is 5.91 Å². The highest BCUT2D eigenvalue weighted by Gasteiger charge is 2.26. The number of carbonyl (C=O) groups is 1. The summed E-state index contributed by atoms with van der Waals surface area (Å²) in [5.41, 5.74) is 1.25. The molecule has 1 aromatic heterocycles. The van der Waals surface area contributed by atoms with Crippen molar-refractivity contribution < 1.29 is 9.18 Å². The van der Waals surface area contributed by atoms with E-state index in [0.717, 1.165) is 5.56 Å². The molecular weight excluding hydrogens is 357 g/mol. The van der Waals surface area contributed by atoms with Crippen LogP contribution in [0.4, 0.5) is 4.39 Å². The molecule has 3 aromatic rings. The summed E-state index contributed by atoms with van der Waals surface area (Å²) in [6, 6.07) is 13.4. The first-order valence-corrected chi connectivity index (χ1v) is 8.38. The fourth-order valence-electron chi connectivity index (χ4n) is 2.70. The SMILES string of the molecule is CN(Cc1c(F)cccc1Cl)C(=O)[C@@H](Cc1ccccc1)n1cnnn1. The lowest BCUT2D eigenvalue weighted by Gasteiger charge is -2.24. The smallest absolute Gasteiger partial charge is 0.247 e. The number of amides is 1. The molecule has 0 bridgehead atoms. The zero-order valence-electron chi connectivity index (χ0n) is 14.1. The second-order valence-electron chi connectivity index (χ2n) is 5.89. The van der Waals surface area contributed by atoms with Crippen LogP contribution in [0.1, 0.15) is 17.2 Å². The Bertz CT molecular complexity index is 852. The van der Waals surface area contributed by atoms with E-state index in [1.165, 1.54) is 28.0 Å². The predicted molar refractivity (Wildman–Crippen MR) is 94.9 cm³/mol. The third kappa shape index (κ3) is 4.05. The molecule has 1 heterocycles. The van der Waals surface area contributed by atoms with Crippen molar-refractivity contribution in [3.8, 4) is 0 Å². The zero-order chi connectivity index (χ0) is 18.5. The van der Waals surface area contributed by atoms with Crippen LogP contribution in [0.15, 0.2) is 54.9 Å². The Balaban J connectivity index is 1.83. The lowest BCUT2D eigenvalue weighted by atomic mass is 10.0. The number of halogens is 2. The van der Waals surface area contributed by atoms with Crippen LogP contribution in [0.2, 0.25) is 5.02 Å². The van der Waals surface area contributed by atoms with E-state index in [0.29, 0.717) is 6.42 Å². The fraction of sp³-hybridized carbons (Fsp3) is 0.222. The van der Waals surface area contributed by atoms with Crippen molar-refractivity contribution in [2.24, 2.45) is 0 Å². The van der Waals surface area contributed by atoms with Crippen molar-refractivity contribution in [2.45, 2.75) is 19.0 Å². The first kappa shape index (κ1) is 18.0. The average Bonchev–Trinajstić information content (AvgIpc) is 3.17. The van der Waals surface area contributed by atoms with Gasteiger partial charge in [0.1, 0.15) is 18.2 Å². The number of hydrogen-bond donors (Lipinski definition) is 0. The quantitative estimate of drug-likeness (QED) is 0.666. The molecule has 134 valence electrons. The van der Waals surface area contributed by atoms with Crippen LogP contribution in [0, 0.1) is 5.82 Å². The van der Waals surface area contributed by atoms with E-state index in [-0.39, 0.29) is 23.0 Å². The van der Waals surface area contributed by atoms with Gasteiger partial charge in [-0.05, 0) is 28.1 Å². The van der Waals surface area contributed by atoms with Crippen LogP contribution in [0.3, 0.4) is 0 Å². The van der Waals surface area contributed by atoms with Crippen molar-refractivity contribution in [3.63, 3.8) is 0 Å². The molecule has 26 heavy (non-hydrogen) atoms. The van der Waals surface area contributed by atoms with E-state index in [4.69, 9.17) is 11.6 Å². The van der Waals surface area contributed by atoms with E-state index in [9.17, 15) is 9.18 Å². The molecule has 0 aliphatic carbocycles. The van der Waals surface area contributed by atoms with E-state index in [1.807, 2.05) is 30.3 Å². The van der Waals surface area contributed by atoms with Gasteiger partial charge in [0.05, 0.1) is 0 Å². The Morgan fingerprint density at radius 2 is 2.00 bits per heavy atom. The molecule has 3 rings (SSSR count). The first-order valence-electron chi connectivity index (χ1n) is 8.00. The first-order chi connectivity index (χ1) is 12.6. The number of carbonyl (C=O) groups excluding carboxylic acids is 1. The minimum absolute atomic E-state index is 0.0533. The summed E-state index contributed by atoms with van der Waals surface area (Å²) in [5.74, 6) is -0.681. The molecule has 0 aliphatic rings. The predicted octanol–water partition coefficient (Wildman–Crippen LogP) is 2.91. The van der Waals surface area contributed by atoms with Gasteiger partial charge in [-0.1, -0.05) is 48.0 Å². The number of rotatable bonds is 6. The van der Waals surface area contributed by atoms with E-state index in [2.05, 4.69) is 15.5 Å². The lowest BCUT2D eigenvalue weighted by Crippen LogP contribution is -2.36. The van der Waals surface area contributed by atoms with E-state index >= 15 is 0 Å². The molecule has 2 aromatic carbocycles. The molecule has 0 aliphatic heterocycles. The Hall–Kier alpha value is -2.80. The van der Waals surface area contributed by atoms with E-state index < -0.39 is 11.9 Å². The van der Waals surface area contributed by atoms with Crippen LogP contribution in [0.25, 0.3) is 0 Å². The second kappa shape index (κ2) is 8.05. The van der Waals surface area contributed by atoms with Crippen LogP contribution in [0.5, 0.6) is 0 Å². The molecular formula is C18H17ClFN5O. The lowest BCUT2D eigenvalue weighted by molar-refractivity contribution is -0.134. The number of benzene rings is 2. The Labute approximate surface area is 155 Å². The number of likely N-dealkylation sites (N-methyl/N-ethyl adjacent to an activating group) is 1. The maximum absolute atomic E-state index is 14.0. The van der Waals surface area contributed by atoms with Crippen LogP contribution >= 0.6 is 11.6 Å². The molecule has 0 saturated heterocycles. The van der Waals surface area contributed by atoms with Gasteiger partial charge in [-0.25, -0.2) is 9.07 Å². The highest BCUT2D eigenvalue weighted by molar-refractivity contribution is 6.31. The van der Waals surface area contributed by atoms with Gasteiger partial charge in [0.15, 0.2) is 0 Å². The number of tetrazole rings is 1. The van der Waals surface area contributed by atoms with Gasteiger partial charge in [0, 0.05) is 30.6 Å². The highest BCUT2D eigenvalue weighted by atomic mass is 35.5. The largest absolute Gasteiger partial charge is 0.339 e. The summed E-state index contributed by atoms with van der Waals surface area (Å²) in [6.07, 6.45) is 1.81. The van der Waals surface area contributed by atoms with Crippen LogP contribution in [-0.4, -0.2) is 38.1 Å². The Morgan fingerprint density at radius 1 is 1.23 bits per heavy atom. The normalized spacial score (nSPS) is 12.0. The molecule has 8 heteroatoms. The molecule has 0 spiro atoms. The van der Waals surface area contributed by atoms with Gasteiger partial charge in [0.25, 0.3) is 0 Å². The third-order valence-electron chi connectivity index (χ3n) is 4.07. The zero-order valence-corrected chi connectivity index (χ0v) is 14.8. The fourth-order valence-corrected chi connectivity index (χ4v) is 2.92. The summed E-state index contributed by atoms with van der Waals surface area (Å²) in [4.78, 5) is 14.4. The maximum Gasteiger partial charge on any atom is 0.247 e. The average molecular weight is 374 g/mol. The van der Waals surface area contributed by atoms with Gasteiger partial charge in [-0.15, -0.1) is 5.10 Å². The molecule has 6 nitrogen and oxygen atoms in total. The number of aromatic nitrogens is 4. The summed E-state index contributed by atoms with van der Waals surface area (Å²) >= 11 is 6.07. The molecule has 0 N–H and O–H groups in total. The Morgan fingerprint density at radius 3 is 2.65 bits per heavy atom. The molecule has 0 unspecified atom stereocenters. The topological polar surface area (TPSA) is 63.9 Å². The monoisotopic (exact) mass is 373 g/mol. The third-order valence-corrected chi connectivity index (χ3v) is 4.43. The van der Waals surface area contributed by atoms with Crippen molar-refractivity contribution >= 4 is 17.5 Å². The van der Waals surface area contributed by atoms with Gasteiger partial charge in [-0.3, -0.25) is 4.79 Å². The van der Waals surface area contributed by atoms with Gasteiger partial charge < -0.3 is 4.90 Å². The minimum atomic E-state index is -0.636. The van der Waals surface area contributed by atoms with Crippen molar-refractivity contribution in [1.82, 2.24) is 25.1 Å². The highest BCUT2D eigenvalue weighted by Crippen LogP contribution is 2.22. The molecule has 0 fully saturated rings. The van der Waals surface area contributed by atoms with Crippen molar-refractivity contribution in [3.05, 3.63) is 76.8 Å². The molecule has 1 atom stereocenters. The molecule has 0 saturated carbocycles. The molecule has 0 radical (unpaired) electrons. The second-order valence-corrected chi connectivity index (χ2v) is 6.30. The number of nitrogens with zero attached hydrogens (tertiary/aromatic N) is 5. The minimum Gasteiger partial charge on any atom is -0.339 e. The van der Waals surface area contributed by atoms with Crippen molar-refractivity contribution in [1.29, 1.82) is 0 Å². The van der Waals surface area contributed by atoms with E-state index in [1.54, 1.807) is 13.1 Å². The van der Waals surface area contributed by atoms with Crippen LogP contribution < -0.4 is 0 Å². The summed E-state index contributed by atoms with van der Waals surface area (Å²) in [5, 5.41) is 11.4. The number of hydrogen-bond acceptors (Lipinski definition) is 4. The van der Waals surface area contributed by atoms with Crippen molar-refractivity contribution in [2.75, 3.05) is 7.05 Å². The van der Waals surface area contributed by atoms with Gasteiger partial charge in [-0.2, -0.15) is 0 Å². The maximum atomic E-state index is 14.0. The van der Waals surface area contributed by atoms with Crippen LogP contribution in [-0.2, 0) is 17.8 Å². The molecule has 1 amide bonds.